The molecule has 3 aromatic rings. The Morgan fingerprint density at radius 3 is 2.43 bits per heavy atom. The normalized spacial score (nSPS) is 18.3. The van der Waals surface area contributed by atoms with Crippen LogP contribution in [0.1, 0.15) is 46.5 Å². The molecule has 0 aromatic heterocycles. The minimum atomic E-state index is -1.02. The summed E-state index contributed by atoms with van der Waals surface area (Å²) in [5, 5.41) is 0. The predicted octanol–water partition coefficient (Wildman–Crippen LogP) is 6.17. The molecule has 1 spiro atoms. The number of hydrogen-bond acceptors (Lipinski definition) is 4. The lowest BCUT2D eigenvalue weighted by atomic mass is 9.77. The number of hydrogen-bond donors (Lipinski definition) is 0. The fourth-order valence-corrected chi connectivity index (χ4v) is 4.91. The molecule has 0 radical (unpaired) electrons. The number of anilines is 1. The summed E-state index contributed by atoms with van der Waals surface area (Å²) >= 11 is 3.65. The molecular weight excluding hydrogens is 442 g/mol. The highest BCUT2D eigenvalue weighted by Gasteiger charge is 2.53. The van der Waals surface area contributed by atoms with Gasteiger partial charge in [-0.05, 0) is 56.7 Å². The Labute approximate surface area is 184 Å². The summed E-state index contributed by atoms with van der Waals surface area (Å²) in [5.41, 5.74) is 4.26. The van der Waals surface area contributed by atoms with E-state index in [0.717, 1.165) is 51.3 Å². The summed E-state index contributed by atoms with van der Waals surface area (Å²) in [6, 6.07) is 17.8. The highest BCUT2D eigenvalue weighted by Crippen LogP contribution is 2.57. The fraction of sp³-hybridized carbons (Fsp3) is 0.240. The molecule has 0 saturated heterocycles. The zero-order chi connectivity index (χ0) is 21.0. The summed E-state index contributed by atoms with van der Waals surface area (Å²) in [6.45, 7) is 8.10. The SMILES string of the molecule is CCN(CC)c1ccc2c(c1)Oc1cc(C)c(Br)cc1C21OC(=O)c2ccccc21. The molecule has 1 atom stereocenters. The smallest absolute Gasteiger partial charge is 0.340 e. The molecule has 0 aliphatic carbocycles. The Hall–Kier alpha value is -2.79. The highest BCUT2D eigenvalue weighted by atomic mass is 79.9. The van der Waals surface area contributed by atoms with Crippen molar-refractivity contribution in [2.24, 2.45) is 0 Å². The monoisotopic (exact) mass is 463 g/mol. The molecule has 5 rings (SSSR count). The molecule has 0 saturated carbocycles. The van der Waals surface area contributed by atoms with E-state index in [1.807, 2.05) is 49.4 Å². The third-order valence-electron chi connectivity index (χ3n) is 6.11. The molecule has 3 aromatic carbocycles. The van der Waals surface area contributed by atoms with Gasteiger partial charge in [0.25, 0.3) is 0 Å². The molecule has 1 unspecified atom stereocenters. The number of ether oxygens (including phenoxy) is 2. The number of benzene rings is 3. The highest BCUT2D eigenvalue weighted by molar-refractivity contribution is 9.10. The van der Waals surface area contributed by atoms with Crippen molar-refractivity contribution < 1.29 is 14.3 Å². The molecule has 5 heteroatoms. The van der Waals surface area contributed by atoms with Crippen LogP contribution in [0.15, 0.2) is 59.1 Å². The van der Waals surface area contributed by atoms with E-state index in [1.54, 1.807) is 0 Å². The van der Waals surface area contributed by atoms with Gasteiger partial charge in [-0.15, -0.1) is 0 Å². The molecular formula is C25H22BrNO3. The predicted molar refractivity (Wildman–Crippen MR) is 121 cm³/mol. The largest absolute Gasteiger partial charge is 0.456 e. The lowest BCUT2D eigenvalue weighted by Crippen LogP contribution is -2.33. The molecule has 30 heavy (non-hydrogen) atoms. The number of carbonyl (C=O) groups excluding carboxylic acids is 1. The van der Waals surface area contributed by atoms with E-state index in [4.69, 9.17) is 9.47 Å². The van der Waals surface area contributed by atoms with Crippen LogP contribution in [0.4, 0.5) is 5.69 Å². The van der Waals surface area contributed by atoms with Gasteiger partial charge in [-0.1, -0.05) is 34.1 Å². The third-order valence-corrected chi connectivity index (χ3v) is 6.96. The molecule has 4 nitrogen and oxygen atoms in total. The van der Waals surface area contributed by atoms with Crippen molar-refractivity contribution >= 4 is 27.6 Å². The van der Waals surface area contributed by atoms with Crippen LogP contribution in [0.5, 0.6) is 11.5 Å². The van der Waals surface area contributed by atoms with E-state index in [-0.39, 0.29) is 5.97 Å². The van der Waals surface area contributed by atoms with E-state index in [2.05, 4.69) is 46.8 Å². The first-order chi connectivity index (χ1) is 14.5. The molecule has 0 amide bonds. The fourth-order valence-electron chi connectivity index (χ4n) is 4.57. The maximum atomic E-state index is 12.9. The summed E-state index contributed by atoms with van der Waals surface area (Å²) in [6.07, 6.45) is 0. The van der Waals surface area contributed by atoms with Crippen LogP contribution in [-0.4, -0.2) is 19.1 Å². The van der Waals surface area contributed by atoms with E-state index < -0.39 is 5.60 Å². The minimum absolute atomic E-state index is 0.311. The zero-order valence-corrected chi connectivity index (χ0v) is 18.7. The summed E-state index contributed by atoms with van der Waals surface area (Å²) in [4.78, 5) is 15.2. The topological polar surface area (TPSA) is 38.8 Å². The van der Waals surface area contributed by atoms with Gasteiger partial charge in [0.05, 0.1) is 5.56 Å². The molecule has 2 aliphatic heterocycles. The molecule has 0 fully saturated rings. The van der Waals surface area contributed by atoms with Gasteiger partial charge in [-0.2, -0.15) is 0 Å². The number of rotatable bonds is 3. The van der Waals surface area contributed by atoms with E-state index >= 15 is 0 Å². The number of esters is 1. The zero-order valence-electron chi connectivity index (χ0n) is 17.2. The van der Waals surface area contributed by atoms with E-state index in [9.17, 15) is 4.79 Å². The van der Waals surface area contributed by atoms with Crippen LogP contribution in [0.3, 0.4) is 0 Å². The lowest BCUT2D eigenvalue weighted by Gasteiger charge is -2.37. The number of carbonyl (C=O) groups is 1. The second kappa shape index (κ2) is 6.88. The average molecular weight is 464 g/mol. The Bertz CT molecular complexity index is 1190. The molecule has 2 aliphatic rings. The van der Waals surface area contributed by atoms with E-state index in [1.165, 1.54) is 0 Å². The lowest BCUT2D eigenvalue weighted by molar-refractivity contribution is 0.0224. The molecule has 152 valence electrons. The Balaban J connectivity index is 1.82. The van der Waals surface area contributed by atoms with E-state index in [0.29, 0.717) is 11.3 Å². The van der Waals surface area contributed by atoms with Crippen LogP contribution < -0.4 is 9.64 Å². The Morgan fingerprint density at radius 2 is 1.67 bits per heavy atom. The summed E-state index contributed by atoms with van der Waals surface area (Å²) in [7, 11) is 0. The number of halogens is 1. The van der Waals surface area contributed by atoms with Gasteiger partial charge >= 0.3 is 5.97 Å². The second-order valence-electron chi connectivity index (χ2n) is 7.67. The van der Waals surface area contributed by atoms with Gasteiger partial charge in [0.15, 0.2) is 5.60 Å². The Morgan fingerprint density at radius 1 is 0.933 bits per heavy atom. The van der Waals surface area contributed by atoms with Crippen molar-refractivity contribution in [3.8, 4) is 11.5 Å². The standard InChI is InChI=1S/C25H22BrNO3/c1-4-27(5-2)16-10-11-19-23(13-16)29-22-12-15(3)21(26)14-20(22)25(19)18-9-7-6-8-17(18)24(28)30-25/h6-14H,4-5H2,1-3H3. The number of fused-ring (bicyclic) bond motifs is 6. The van der Waals surface area contributed by atoms with Crippen molar-refractivity contribution in [2.75, 3.05) is 18.0 Å². The quantitative estimate of drug-likeness (QED) is 0.435. The van der Waals surface area contributed by atoms with Crippen molar-refractivity contribution in [3.63, 3.8) is 0 Å². The minimum Gasteiger partial charge on any atom is -0.456 e. The van der Waals surface area contributed by atoms with Crippen LogP contribution in [0.25, 0.3) is 0 Å². The van der Waals surface area contributed by atoms with Crippen LogP contribution >= 0.6 is 15.9 Å². The second-order valence-corrected chi connectivity index (χ2v) is 8.52. The van der Waals surface area contributed by atoms with Crippen molar-refractivity contribution in [1.29, 1.82) is 0 Å². The van der Waals surface area contributed by atoms with Gasteiger partial charge in [0, 0.05) is 46.0 Å². The average Bonchev–Trinajstić information content (AvgIpc) is 3.04. The number of nitrogens with zero attached hydrogens (tertiary/aromatic N) is 1. The van der Waals surface area contributed by atoms with Crippen LogP contribution in [0.2, 0.25) is 0 Å². The van der Waals surface area contributed by atoms with Gasteiger partial charge in [0.2, 0.25) is 0 Å². The van der Waals surface area contributed by atoms with Crippen molar-refractivity contribution in [2.45, 2.75) is 26.4 Å². The van der Waals surface area contributed by atoms with Crippen molar-refractivity contribution in [1.82, 2.24) is 0 Å². The maximum Gasteiger partial charge on any atom is 0.340 e. The number of aryl methyl sites for hydroxylation is 1. The van der Waals surface area contributed by atoms with Gasteiger partial charge < -0.3 is 14.4 Å². The molecule has 0 bridgehead atoms. The van der Waals surface area contributed by atoms with Crippen LogP contribution in [0, 0.1) is 6.92 Å². The van der Waals surface area contributed by atoms with Gasteiger partial charge in [0.1, 0.15) is 11.5 Å². The summed E-state index contributed by atoms with van der Waals surface area (Å²) < 4.78 is 13.6. The first-order valence-corrected chi connectivity index (χ1v) is 11.0. The first-order valence-electron chi connectivity index (χ1n) is 10.2. The van der Waals surface area contributed by atoms with Gasteiger partial charge in [-0.3, -0.25) is 0 Å². The van der Waals surface area contributed by atoms with Gasteiger partial charge in [-0.25, -0.2) is 4.79 Å². The first kappa shape index (κ1) is 19.2. The third kappa shape index (κ3) is 2.54. The molecule has 0 N–H and O–H groups in total. The van der Waals surface area contributed by atoms with Crippen LogP contribution in [-0.2, 0) is 10.3 Å². The van der Waals surface area contributed by atoms with Crippen molar-refractivity contribution in [3.05, 3.63) is 86.9 Å². The summed E-state index contributed by atoms with van der Waals surface area (Å²) in [5.74, 6) is 1.12. The molecule has 2 heterocycles. The maximum absolute atomic E-state index is 12.9. The Kier molecular flexibility index (Phi) is 4.40.